The van der Waals surface area contributed by atoms with Crippen LogP contribution in [0.4, 0.5) is 4.39 Å². The first-order valence-electron chi connectivity index (χ1n) is 4.51. The third-order valence-corrected chi connectivity index (χ3v) is 4.00. The fraction of sp³-hybridized carbons (Fsp3) is 0.300. The van der Waals surface area contributed by atoms with Crippen molar-refractivity contribution in [2.75, 3.05) is 11.6 Å². The van der Waals surface area contributed by atoms with Gasteiger partial charge in [0.25, 0.3) is 0 Å². The zero-order chi connectivity index (χ0) is 12.2. The largest absolute Gasteiger partial charge is 0.298 e. The van der Waals surface area contributed by atoms with E-state index in [1.54, 1.807) is 0 Å². The van der Waals surface area contributed by atoms with Crippen LogP contribution in [0.25, 0.3) is 0 Å². The number of alkyl halides is 1. The summed E-state index contributed by atoms with van der Waals surface area (Å²) in [5, 5.41) is 0. The number of rotatable bonds is 5. The van der Waals surface area contributed by atoms with Crippen molar-refractivity contribution in [3.8, 4) is 0 Å². The van der Waals surface area contributed by atoms with E-state index < -0.39 is 15.7 Å². The average Bonchev–Trinajstić information content (AvgIpc) is 2.26. The Morgan fingerprint density at radius 2 is 1.81 bits per heavy atom. The van der Waals surface area contributed by atoms with Crippen LogP contribution >= 0.6 is 11.6 Å². The lowest BCUT2D eigenvalue weighted by Crippen LogP contribution is -2.12. The highest BCUT2D eigenvalue weighted by atomic mass is 35.5. The van der Waals surface area contributed by atoms with E-state index in [1.807, 2.05) is 0 Å². The Morgan fingerprint density at radius 1 is 1.25 bits per heavy atom. The molecule has 0 fully saturated rings. The summed E-state index contributed by atoms with van der Waals surface area (Å²) in [5.74, 6) is -1.33. The van der Waals surface area contributed by atoms with Crippen LogP contribution in [0.2, 0.25) is 0 Å². The minimum atomic E-state index is -3.53. The fourth-order valence-corrected chi connectivity index (χ4v) is 2.49. The minimum Gasteiger partial charge on any atom is -0.298 e. The number of carbonyl (C=O) groups excluding carboxylic acids is 1. The molecular weight excluding hydrogens is 255 g/mol. The second-order valence-corrected chi connectivity index (χ2v) is 5.57. The normalized spacial score (nSPS) is 11.4. The first-order valence-corrected chi connectivity index (χ1v) is 6.70. The van der Waals surface area contributed by atoms with E-state index in [-0.39, 0.29) is 28.7 Å². The number of sulfone groups is 1. The Morgan fingerprint density at radius 3 is 2.31 bits per heavy atom. The molecule has 1 aromatic rings. The highest BCUT2D eigenvalue weighted by Gasteiger charge is 2.15. The van der Waals surface area contributed by atoms with Gasteiger partial charge in [0.15, 0.2) is 9.84 Å². The first kappa shape index (κ1) is 13.1. The number of carbonyl (C=O) groups is 1. The molecule has 0 amide bonds. The molecule has 0 spiro atoms. The van der Waals surface area contributed by atoms with E-state index in [4.69, 9.17) is 11.6 Å². The highest BCUT2D eigenvalue weighted by Crippen LogP contribution is 2.12. The molecule has 0 aliphatic carbocycles. The molecule has 1 aromatic carbocycles. The third kappa shape index (κ3) is 3.57. The maximum atomic E-state index is 12.6. The molecule has 0 saturated carbocycles. The van der Waals surface area contributed by atoms with Gasteiger partial charge in [-0.05, 0) is 24.3 Å². The van der Waals surface area contributed by atoms with Crippen molar-refractivity contribution in [2.45, 2.75) is 11.3 Å². The van der Waals surface area contributed by atoms with Crippen LogP contribution < -0.4 is 0 Å². The van der Waals surface area contributed by atoms with E-state index in [2.05, 4.69) is 0 Å². The van der Waals surface area contributed by atoms with Gasteiger partial charge in [-0.2, -0.15) is 0 Å². The summed E-state index contributed by atoms with van der Waals surface area (Å²) in [6.07, 6.45) is -0.122. The lowest BCUT2D eigenvalue weighted by atomic mass is 10.3. The molecule has 0 unspecified atom stereocenters. The fourth-order valence-electron chi connectivity index (χ4n) is 1.07. The van der Waals surface area contributed by atoms with Crippen LogP contribution in [0, 0.1) is 5.82 Å². The van der Waals surface area contributed by atoms with Crippen molar-refractivity contribution in [1.82, 2.24) is 0 Å². The zero-order valence-electron chi connectivity index (χ0n) is 8.32. The Hall–Kier alpha value is -0.940. The van der Waals surface area contributed by atoms with Gasteiger partial charge in [-0.3, -0.25) is 4.79 Å². The molecule has 3 nitrogen and oxygen atoms in total. The van der Waals surface area contributed by atoms with Crippen LogP contribution in [0.3, 0.4) is 0 Å². The maximum Gasteiger partial charge on any atom is 0.178 e. The summed E-state index contributed by atoms with van der Waals surface area (Å²) >= 11 is 5.25. The Balaban J connectivity index is 2.78. The van der Waals surface area contributed by atoms with Gasteiger partial charge >= 0.3 is 0 Å². The quantitative estimate of drug-likeness (QED) is 0.602. The predicted molar refractivity (Wildman–Crippen MR) is 58.8 cm³/mol. The molecule has 0 aliphatic rings. The molecule has 0 radical (unpaired) electrons. The highest BCUT2D eigenvalue weighted by molar-refractivity contribution is 7.91. The van der Waals surface area contributed by atoms with Crippen LogP contribution in [0.5, 0.6) is 0 Å². The van der Waals surface area contributed by atoms with Crippen LogP contribution in [0.1, 0.15) is 6.42 Å². The molecule has 0 aromatic heterocycles. The topological polar surface area (TPSA) is 51.2 Å². The molecule has 6 heteroatoms. The SMILES string of the molecule is O=C(CCl)CCS(=O)(=O)c1ccc(F)cc1. The molecule has 0 N–H and O–H groups in total. The summed E-state index contributed by atoms with van der Waals surface area (Å²) in [4.78, 5) is 10.9. The number of ketones is 1. The van der Waals surface area contributed by atoms with Crippen molar-refractivity contribution in [2.24, 2.45) is 0 Å². The van der Waals surface area contributed by atoms with Crippen molar-refractivity contribution in [3.05, 3.63) is 30.1 Å². The molecule has 1 rings (SSSR count). The number of benzene rings is 1. The van der Waals surface area contributed by atoms with Gasteiger partial charge in [0.05, 0.1) is 16.5 Å². The van der Waals surface area contributed by atoms with E-state index in [9.17, 15) is 17.6 Å². The lowest BCUT2D eigenvalue weighted by molar-refractivity contribution is -0.116. The van der Waals surface area contributed by atoms with Gasteiger partial charge in [-0.15, -0.1) is 11.6 Å². The van der Waals surface area contributed by atoms with Gasteiger partial charge in [-0.1, -0.05) is 0 Å². The van der Waals surface area contributed by atoms with Crippen LogP contribution in [-0.4, -0.2) is 25.8 Å². The third-order valence-electron chi connectivity index (χ3n) is 1.97. The van der Waals surface area contributed by atoms with Gasteiger partial charge in [0, 0.05) is 6.42 Å². The molecule has 0 aliphatic heterocycles. The van der Waals surface area contributed by atoms with Crippen molar-refractivity contribution in [3.63, 3.8) is 0 Å². The summed E-state index contributed by atoms with van der Waals surface area (Å²) in [6, 6.07) is 4.48. The minimum absolute atomic E-state index is 0.0104. The van der Waals surface area contributed by atoms with E-state index in [0.717, 1.165) is 12.1 Å². The second-order valence-electron chi connectivity index (χ2n) is 3.20. The smallest absolute Gasteiger partial charge is 0.178 e. The second kappa shape index (κ2) is 5.41. The zero-order valence-corrected chi connectivity index (χ0v) is 9.89. The number of Topliss-reactive ketones (excluding diaryl/α,β-unsaturated/α-hetero) is 1. The molecule has 88 valence electrons. The maximum absolute atomic E-state index is 12.6. The Kier molecular flexibility index (Phi) is 4.44. The van der Waals surface area contributed by atoms with Gasteiger partial charge in [0.2, 0.25) is 0 Å². The van der Waals surface area contributed by atoms with Gasteiger partial charge in [-0.25, -0.2) is 12.8 Å². The van der Waals surface area contributed by atoms with Crippen molar-refractivity contribution >= 4 is 27.2 Å². The van der Waals surface area contributed by atoms with Crippen LogP contribution in [0.15, 0.2) is 29.2 Å². The van der Waals surface area contributed by atoms with E-state index in [1.165, 1.54) is 12.1 Å². The number of halogens is 2. The number of hydrogen-bond acceptors (Lipinski definition) is 3. The molecule has 0 heterocycles. The molecule has 16 heavy (non-hydrogen) atoms. The van der Waals surface area contributed by atoms with E-state index in [0.29, 0.717) is 0 Å². The predicted octanol–water partition coefficient (Wildman–Crippen LogP) is 1.80. The molecule has 0 saturated heterocycles. The Bertz CT molecular complexity index is 467. The van der Waals surface area contributed by atoms with Crippen LogP contribution in [-0.2, 0) is 14.6 Å². The average molecular weight is 265 g/mol. The van der Waals surface area contributed by atoms with Crippen molar-refractivity contribution in [1.29, 1.82) is 0 Å². The lowest BCUT2D eigenvalue weighted by Gasteiger charge is -2.02. The number of hydrogen-bond donors (Lipinski definition) is 0. The van der Waals surface area contributed by atoms with Crippen molar-refractivity contribution < 1.29 is 17.6 Å². The standard InChI is InChI=1S/C10H10ClFO3S/c11-7-9(13)5-6-16(14,15)10-3-1-8(12)2-4-10/h1-4H,5-7H2. The summed E-state index contributed by atoms with van der Waals surface area (Å²) in [5.41, 5.74) is 0. The monoisotopic (exact) mass is 264 g/mol. The first-order chi connectivity index (χ1) is 7.45. The van der Waals surface area contributed by atoms with Gasteiger partial charge < -0.3 is 0 Å². The van der Waals surface area contributed by atoms with E-state index >= 15 is 0 Å². The molecule has 0 atom stereocenters. The Labute approximate surface area is 98.1 Å². The summed E-state index contributed by atoms with van der Waals surface area (Å²) in [6.45, 7) is 0. The summed E-state index contributed by atoms with van der Waals surface area (Å²) < 4.78 is 35.9. The molecule has 0 bridgehead atoms. The van der Waals surface area contributed by atoms with Gasteiger partial charge in [0.1, 0.15) is 11.6 Å². The summed E-state index contributed by atoms with van der Waals surface area (Å²) in [7, 11) is -3.53. The molecular formula is C10H10ClFO3S.